The van der Waals surface area contributed by atoms with E-state index in [1.165, 1.54) is 19.3 Å². The standard InChI is InChI=1S/C21H30O4S/c22-21(23)8-4-5-14-26-15-12-18-17(19-9-10-20(18)25-19)11-13-24-16-6-2-1-3-7-16/h1-3,6-7,17-20H,4-5,8-15H2,(H,22,23)/t17-,18+,19-,20+/m0/s1. The smallest absolute Gasteiger partial charge is 0.303 e. The highest BCUT2D eigenvalue weighted by Gasteiger charge is 2.47. The van der Waals surface area contributed by atoms with Crippen LogP contribution in [-0.2, 0) is 9.53 Å². The number of hydrogen-bond donors (Lipinski definition) is 1. The molecule has 0 aliphatic carbocycles. The average Bonchev–Trinajstić information content (AvgIpc) is 3.24. The number of rotatable bonds is 12. The Morgan fingerprint density at radius 2 is 1.81 bits per heavy atom. The van der Waals surface area contributed by atoms with E-state index in [4.69, 9.17) is 14.6 Å². The van der Waals surface area contributed by atoms with Crippen molar-refractivity contribution in [2.45, 2.75) is 57.2 Å². The molecular formula is C21H30O4S. The first-order chi connectivity index (χ1) is 12.7. The molecule has 2 bridgehead atoms. The van der Waals surface area contributed by atoms with E-state index in [-0.39, 0.29) is 0 Å². The van der Waals surface area contributed by atoms with Gasteiger partial charge in [0.05, 0.1) is 18.8 Å². The van der Waals surface area contributed by atoms with Gasteiger partial charge in [-0.2, -0.15) is 11.8 Å². The highest BCUT2D eigenvalue weighted by molar-refractivity contribution is 7.99. The number of hydrogen-bond acceptors (Lipinski definition) is 4. The highest BCUT2D eigenvalue weighted by atomic mass is 32.2. The quantitative estimate of drug-likeness (QED) is 0.538. The van der Waals surface area contributed by atoms with Gasteiger partial charge in [-0.25, -0.2) is 0 Å². The second-order valence-electron chi connectivity index (χ2n) is 7.32. The Kier molecular flexibility index (Phi) is 7.69. The molecular weight excluding hydrogens is 348 g/mol. The number of aliphatic carboxylic acids is 1. The molecule has 1 aromatic rings. The van der Waals surface area contributed by atoms with Crippen molar-refractivity contribution in [3.63, 3.8) is 0 Å². The minimum absolute atomic E-state index is 0.296. The van der Waals surface area contributed by atoms with Crippen molar-refractivity contribution < 1.29 is 19.4 Å². The molecule has 3 rings (SSSR count). The van der Waals surface area contributed by atoms with Crippen LogP contribution in [0.25, 0.3) is 0 Å². The largest absolute Gasteiger partial charge is 0.494 e. The molecule has 144 valence electrons. The Morgan fingerprint density at radius 3 is 2.54 bits per heavy atom. The van der Waals surface area contributed by atoms with Crippen LogP contribution in [0.5, 0.6) is 5.75 Å². The molecule has 2 saturated heterocycles. The normalized spacial score (nSPS) is 26.9. The van der Waals surface area contributed by atoms with Gasteiger partial charge < -0.3 is 14.6 Å². The van der Waals surface area contributed by atoms with Gasteiger partial charge in [-0.3, -0.25) is 4.79 Å². The molecule has 26 heavy (non-hydrogen) atoms. The molecule has 2 heterocycles. The van der Waals surface area contributed by atoms with Crippen molar-refractivity contribution in [1.82, 2.24) is 0 Å². The van der Waals surface area contributed by atoms with E-state index in [2.05, 4.69) is 0 Å². The van der Waals surface area contributed by atoms with Crippen LogP contribution < -0.4 is 4.74 Å². The molecule has 0 radical (unpaired) electrons. The summed E-state index contributed by atoms with van der Waals surface area (Å²) in [5, 5.41) is 8.66. The molecule has 0 aromatic heterocycles. The van der Waals surface area contributed by atoms with Crippen molar-refractivity contribution in [3.8, 4) is 5.75 Å². The van der Waals surface area contributed by atoms with Crippen molar-refractivity contribution in [3.05, 3.63) is 30.3 Å². The molecule has 4 atom stereocenters. The van der Waals surface area contributed by atoms with E-state index < -0.39 is 5.97 Å². The molecule has 0 saturated carbocycles. The summed E-state index contributed by atoms with van der Waals surface area (Å²) in [6.45, 7) is 0.764. The second-order valence-corrected chi connectivity index (χ2v) is 8.54. The SMILES string of the molecule is O=C(O)CCCCSCC[C@@H]1[C@H](CCOc2ccccc2)[C@@H]2CC[C@H]1O2. The Hall–Kier alpha value is -1.20. The van der Waals surface area contributed by atoms with Gasteiger partial charge in [0, 0.05) is 6.42 Å². The third kappa shape index (κ3) is 5.65. The van der Waals surface area contributed by atoms with Crippen molar-refractivity contribution in [2.24, 2.45) is 11.8 Å². The van der Waals surface area contributed by atoms with Crippen LogP contribution in [-0.4, -0.2) is 41.4 Å². The zero-order valence-corrected chi connectivity index (χ0v) is 16.2. The van der Waals surface area contributed by atoms with Crippen molar-refractivity contribution in [2.75, 3.05) is 18.1 Å². The number of fused-ring (bicyclic) bond motifs is 2. The molecule has 4 nitrogen and oxygen atoms in total. The zero-order valence-electron chi connectivity index (χ0n) is 15.3. The molecule has 2 aliphatic rings. The summed E-state index contributed by atoms with van der Waals surface area (Å²) in [5.74, 6) is 3.78. The first kappa shape index (κ1) is 19.6. The predicted octanol–water partition coefficient (Wildman–Crippen LogP) is 4.63. The van der Waals surface area contributed by atoms with Crippen LogP contribution in [0.15, 0.2) is 30.3 Å². The molecule has 0 unspecified atom stereocenters. The van der Waals surface area contributed by atoms with Crippen LogP contribution in [0.1, 0.15) is 44.9 Å². The lowest BCUT2D eigenvalue weighted by molar-refractivity contribution is -0.137. The van der Waals surface area contributed by atoms with Gasteiger partial charge in [-0.15, -0.1) is 0 Å². The molecule has 2 aliphatic heterocycles. The Morgan fingerprint density at radius 1 is 1.08 bits per heavy atom. The number of para-hydroxylation sites is 1. The lowest BCUT2D eigenvalue weighted by atomic mass is 9.76. The summed E-state index contributed by atoms with van der Waals surface area (Å²) >= 11 is 1.96. The Labute approximate surface area is 160 Å². The fourth-order valence-corrected chi connectivity index (χ4v) is 5.35. The first-order valence-corrected chi connectivity index (χ1v) is 11.0. The summed E-state index contributed by atoms with van der Waals surface area (Å²) in [6, 6.07) is 10.0. The number of ether oxygens (including phenoxy) is 2. The monoisotopic (exact) mass is 378 g/mol. The second kappa shape index (κ2) is 10.2. The minimum Gasteiger partial charge on any atom is -0.494 e. The molecule has 1 N–H and O–H groups in total. The van der Waals surface area contributed by atoms with Crippen molar-refractivity contribution >= 4 is 17.7 Å². The summed E-state index contributed by atoms with van der Waals surface area (Å²) in [7, 11) is 0. The molecule has 2 fully saturated rings. The number of thioether (sulfide) groups is 1. The van der Waals surface area contributed by atoms with Gasteiger partial charge in [-0.05, 0) is 74.0 Å². The van der Waals surface area contributed by atoms with E-state index >= 15 is 0 Å². The highest BCUT2D eigenvalue weighted by Crippen LogP contribution is 2.46. The zero-order chi connectivity index (χ0) is 18.2. The number of benzene rings is 1. The summed E-state index contributed by atoms with van der Waals surface area (Å²) in [6.07, 6.45) is 7.68. The number of carbonyl (C=O) groups is 1. The van der Waals surface area contributed by atoms with Crippen LogP contribution in [0.3, 0.4) is 0 Å². The van der Waals surface area contributed by atoms with E-state index in [0.717, 1.165) is 43.1 Å². The van der Waals surface area contributed by atoms with Gasteiger partial charge in [0.15, 0.2) is 0 Å². The van der Waals surface area contributed by atoms with E-state index in [0.29, 0.717) is 30.5 Å². The van der Waals surface area contributed by atoms with Gasteiger partial charge in [0.2, 0.25) is 0 Å². The minimum atomic E-state index is -0.685. The van der Waals surface area contributed by atoms with Gasteiger partial charge in [0.25, 0.3) is 0 Å². The molecule has 0 amide bonds. The van der Waals surface area contributed by atoms with Gasteiger partial charge >= 0.3 is 5.97 Å². The van der Waals surface area contributed by atoms with Gasteiger partial charge in [0.1, 0.15) is 5.75 Å². The lowest BCUT2D eigenvalue weighted by Gasteiger charge is -2.28. The summed E-state index contributed by atoms with van der Waals surface area (Å²) < 4.78 is 12.1. The molecule has 5 heteroatoms. The van der Waals surface area contributed by atoms with Crippen LogP contribution in [0.4, 0.5) is 0 Å². The fraction of sp³-hybridized carbons (Fsp3) is 0.667. The third-order valence-corrected chi connectivity index (χ3v) is 6.68. The number of unbranched alkanes of at least 4 members (excludes halogenated alkanes) is 1. The van der Waals surface area contributed by atoms with E-state index in [1.807, 2.05) is 42.1 Å². The maximum absolute atomic E-state index is 10.5. The number of carboxylic acid groups (broad SMARTS) is 1. The van der Waals surface area contributed by atoms with E-state index in [9.17, 15) is 4.79 Å². The Bertz CT molecular complexity index is 550. The van der Waals surface area contributed by atoms with Crippen molar-refractivity contribution in [1.29, 1.82) is 0 Å². The predicted molar refractivity (Wildman–Crippen MR) is 105 cm³/mol. The maximum Gasteiger partial charge on any atom is 0.303 e. The van der Waals surface area contributed by atoms with Crippen LogP contribution in [0.2, 0.25) is 0 Å². The lowest BCUT2D eigenvalue weighted by Crippen LogP contribution is -2.29. The maximum atomic E-state index is 10.5. The van der Waals surface area contributed by atoms with Gasteiger partial charge in [-0.1, -0.05) is 18.2 Å². The average molecular weight is 379 g/mol. The fourth-order valence-electron chi connectivity index (χ4n) is 4.30. The summed E-state index contributed by atoms with van der Waals surface area (Å²) in [4.78, 5) is 10.5. The summed E-state index contributed by atoms with van der Waals surface area (Å²) in [5.41, 5.74) is 0. The first-order valence-electron chi connectivity index (χ1n) is 9.87. The molecule has 1 aromatic carbocycles. The van der Waals surface area contributed by atoms with E-state index in [1.54, 1.807) is 0 Å². The van der Waals surface area contributed by atoms with Crippen LogP contribution in [0, 0.1) is 11.8 Å². The third-order valence-electron chi connectivity index (χ3n) is 5.58. The topological polar surface area (TPSA) is 55.8 Å². The molecule has 0 spiro atoms. The Balaban J connectivity index is 1.35. The number of carboxylic acids is 1. The van der Waals surface area contributed by atoms with Crippen LogP contribution >= 0.6 is 11.8 Å².